The molecule has 0 unspecified atom stereocenters. The summed E-state index contributed by atoms with van der Waals surface area (Å²) >= 11 is 0. The maximum atomic E-state index is 5.45. The molecule has 0 aromatic heterocycles. The van der Waals surface area contributed by atoms with E-state index in [2.05, 4.69) is 158 Å². The molecule has 1 aliphatic heterocycles. The third-order valence-electron chi connectivity index (χ3n) is 7.01. The van der Waals surface area contributed by atoms with Gasteiger partial charge in [0.25, 0.3) is 0 Å². The standard InChI is InChI=1S/C34H29N2P/c1-36-33(27-18-8-3-9-19-27)32(26-16-6-2-7-17-26)35-34(36)30-24-14-15-25-31(30)37(28-20-10-4-11-21-28)29-22-12-5-13-23-29/h2-25,32-33H,1H3/t32-,33-/m0/s1. The highest BCUT2D eigenvalue weighted by Crippen LogP contribution is 2.43. The van der Waals surface area contributed by atoms with Crippen molar-refractivity contribution < 1.29 is 0 Å². The maximum absolute atomic E-state index is 5.45. The fourth-order valence-corrected chi connectivity index (χ4v) is 7.74. The minimum atomic E-state index is -0.746. The van der Waals surface area contributed by atoms with E-state index in [0.29, 0.717) is 0 Å². The highest BCUT2D eigenvalue weighted by Gasteiger charge is 2.37. The summed E-state index contributed by atoms with van der Waals surface area (Å²) in [7, 11) is 1.45. The summed E-state index contributed by atoms with van der Waals surface area (Å²) in [6, 6.07) is 52.3. The second-order valence-corrected chi connectivity index (χ2v) is 11.5. The van der Waals surface area contributed by atoms with Gasteiger partial charge in [0.1, 0.15) is 11.9 Å². The lowest BCUT2D eigenvalue weighted by molar-refractivity contribution is 0.364. The Morgan fingerprint density at radius 1 is 0.541 bits per heavy atom. The average molecular weight is 497 g/mol. The molecule has 2 nitrogen and oxygen atoms in total. The quantitative estimate of drug-likeness (QED) is 0.241. The second kappa shape index (κ2) is 10.5. The molecule has 0 amide bonds. The molecule has 1 heterocycles. The molecule has 1 aliphatic rings. The number of nitrogens with zero attached hydrogens (tertiary/aromatic N) is 2. The van der Waals surface area contributed by atoms with Crippen LogP contribution in [0.3, 0.4) is 0 Å². The Kier molecular flexibility index (Phi) is 6.67. The monoisotopic (exact) mass is 496 g/mol. The number of hydrogen-bond acceptors (Lipinski definition) is 2. The van der Waals surface area contributed by atoms with E-state index in [4.69, 9.17) is 4.99 Å². The number of aliphatic imine (C=N–C) groups is 1. The summed E-state index contributed by atoms with van der Waals surface area (Å²) in [5.74, 6) is 1.05. The zero-order valence-corrected chi connectivity index (χ0v) is 21.7. The molecule has 0 spiro atoms. The molecule has 180 valence electrons. The van der Waals surface area contributed by atoms with E-state index in [1.54, 1.807) is 0 Å². The Balaban J connectivity index is 1.51. The molecular weight excluding hydrogens is 467 g/mol. The molecule has 0 saturated heterocycles. The SMILES string of the molecule is CN1C(c2ccccc2P(c2ccccc2)c2ccccc2)=N[C@@H](c2ccccc2)[C@@H]1c1ccccc1. The Labute approximate surface area is 220 Å². The van der Waals surface area contributed by atoms with Crippen LogP contribution in [0.5, 0.6) is 0 Å². The van der Waals surface area contributed by atoms with Crippen LogP contribution in [-0.2, 0) is 0 Å². The van der Waals surface area contributed by atoms with E-state index >= 15 is 0 Å². The lowest BCUT2D eigenvalue weighted by atomic mass is 9.94. The molecule has 5 aromatic carbocycles. The van der Waals surface area contributed by atoms with Crippen LogP contribution in [0.4, 0.5) is 0 Å². The van der Waals surface area contributed by atoms with Gasteiger partial charge in [0.05, 0.1) is 6.04 Å². The summed E-state index contributed by atoms with van der Waals surface area (Å²) in [6.07, 6.45) is 0. The van der Waals surface area contributed by atoms with Crippen LogP contribution < -0.4 is 15.9 Å². The van der Waals surface area contributed by atoms with Crippen LogP contribution in [-0.4, -0.2) is 17.8 Å². The zero-order valence-electron chi connectivity index (χ0n) is 20.9. The van der Waals surface area contributed by atoms with Crippen molar-refractivity contribution in [1.29, 1.82) is 0 Å². The molecule has 0 saturated carbocycles. The lowest BCUT2D eigenvalue weighted by Crippen LogP contribution is -2.32. The summed E-state index contributed by atoms with van der Waals surface area (Å²) < 4.78 is 0. The minimum absolute atomic E-state index is 0.0244. The van der Waals surface area contributed by atoms with Crippen LogP contribution in [0.25, 0.3) is 0 Å². The fourth-order valence-electron chi connectivity index (χ4n) is 5.30. The van der Waals surface area contributed by atoms with E-state index in [-0.39, 0.29) is 12.1 Å². The van der Waals surface area contributed by atoms with Gasteiger partial charge >= 0.3 is 0 Å². The Morgan fingerprint density at radius 2 is 1.00 bits per heavy atom. The van der Waals surface area contributed by atoms with Gasteiger partial charge in [0.15, 0.2) is 0 Å². The topological polar surface area (TPSA) is 15.6 Å². The Hall–Kier alpha value is -4.00. The van der Waals surface area contributed by atoms with E-state index in [9.17, 15) is 0 Å². The number of hydrogen-bond donors (Lipinski definition) is 0. The van der Waals surface area contributed by atoms with E-state index in [1.807, 2.05) is 0 Å². The summed E-state index contributed by atoms with van der Waals surface area (Å²) in [5, 5.41) is 4.02. The number of rotatable bonds is 6. The van der Waals surface area contributed by atoms with Crippen molar-refractivity contribution in [2.24, 2.45) is 4.99 Å². The van der Waals surface area contributed by atoms with Crippen molar-refractivity contribution in [1.82, 2.24) is 4.90 Å². The van der Waals surface area contributed by atoms with Gasteiger partial charge in [-0.05, 0) is 35.0 Å². The van der Waals surface area contributed by atoms with E-state index < -0.39 is 7.92 Å². The largest absolute Gasteiger partial charge is 0.350 e. The molecule has 5 aromatic rings. The first-order valence-electron chi connectivity index (χ1n) is 12.7. The molecular formula is C34H29N2P. The molecule has 6 rings (SSSR count). The van der Waals surface area contributed by atoms with Crippen LogP contribution in [0.1, 0.15) is 28.8 Å². The maximum Gasteiger partial charge on any atom is 0.132 e. The van der Waals surface area contributed by atoms with Gasteiger partial charge in [0.2, 0.25) is 0 Å². The Bertz CT molecular complexity index is 1450. The second-order valence-electron chi connectivity index (χ2n) is 9.30. The molecule has 3 heteroatoms. The smallest absolute Gasteiger partial charge is 0.132 e. The first kappa shape index (κ1) is 23.4. The van der Waals surface area contributed by atoms with Gasteiger partial charge in [0, 0.05) is 12.6 Å². The van der Waals surface area contributed by atoms with Crippen LogP contribution in [0.15, 0.2) is 151 Å². The minimum Gasteiger partial charge on any atom is -0.350 e. The number of likely N-dealkylation sites (N-methyl/N-ethyl adjacent to an activating group) is 1. The third kappa shape index (κ3) is 4.61. The normalized spacial score (nSPS) is 17.1. The van der Waals surface area contributed by atoms with Gasteiger partial charge in [-0.1, -0.05) is 146 Å². The fraction of sp³-hybridized carbons (Fsp3) is 0.0882. The summed E-state index contributed by atoms with van der Waals surface area (Å²) in [6.45, 7) is 0. The molecule has 2 atom stereocenters. The first-order valence-corrected chi connectivity index (χ1v) is 14.1. The van der Waals surface area contributed by atoms with Crippen molar-refractivity contribution >= 4 is 29.7 Å². The Morgan fingerprint density at radius 3 is 1.57 bits per heavy atom. The van der Waals surface area contributed by atoms with Gasteiger partial charge in [-0.15, -0.1) is 0 Å². The zero-order chi connectivity index (χ0) is 25.0. The number of amidine groups is 1. The third-order valence-corrected chi connectivity index (χ3v) is 9.51. The van der Waals surface area contributed by atoms with Crippen molar-refractivity contribution in [2.75, 3.05) is 7.05 Å². The van der Waals surface area contributed by atoms with Gasteiger partial charge in [-0.3, -0.25) is 4.99 Å². The predicted octanol–water partition coefficient (Wildman–Crippen LogP) is 6.62. The van der Waals surface area contributed by atoms with E-state index in [0.717, 1.165) is 5.84 Å². The molecule has 0 radical (unpaired) electrons. The summed E-state index contributed by atoms with van der Waals surface area (Å²) in [4.78, 5) is 7.83. The van der Waals surface area contributed by atoms with Gasteiger partial charge in [-0.2, -0.15) is 0 Å². The highest BCUT2D eigenvalue weighted by molar-refractivity contribution is 7.80. The molecule has 0 aliphatic carbocycles. The van der Waals surface area contributed by atoms with Crippen molar-refractivity contribution in [3.63, 3.8) is 0 Å². The molecule has 0 bridgehead atoms. The van der Waals surface area contributed by atoms with Crippen molar-refractivity contribution in [3.8, 4) is 0 Å². The first-order chi connectivity index (χ1) is 18.3. The van der Waals surface area contributed by atoms with Gasteiger partial charge < -0.3 is 4.90 Å². The molecule has 0 fully saturated rings. The van der Waals surface area contributed by atoms with Crippen LogP contribution in [0, 0.1) is 0 Å². The summed E-state index contributed by atoms with van der Waals surface area (Å²) in [5.41, 5.74) is 3.73. The van der Waals surface area contributed by atoms with E-state index in [1.165, 1.54) is 32.6 Å². The van der Waals surface area contributed by atoms with Crippen molar-refractivity contribution in [3.05, 3.63) is 162 Å². The van der Waals surface area contributed by atoms with Crippen LogP contribution in [0.2, 0.25) is 0 Å². The van der Waals surface area contributed by atoms with Crippen molar-refractivity contribution in [2.45, 2.75) is 12.1 Å². The lowest BCUT2D eigenvalue weighted by Gasteiger charge is -2.29. The molecule has 0 N–H and O–H groups in total. The number of benzene rings is 5. The predicted molar refractivity (Wildman–Crippen MR) is 158 cm³/mol. The average Bonchev–Trinajstić information content (AvgIpc) is 3.32. The van der Waals surface area contributed by atoms with Crippen LogP contribution >= 0.6 is 7.92 Å². The highest BCUT2D eigenvalue weighted by atomic mass is 31.1. The molecule has 37 heavy (non-hydrogen) atoms. The van der Waals surface area contributed by atoms with Gasteiger partial charge in [-0.25, -0.2) is 0 Å².